The van der Waals surface area contributed by atoms with Crippen LogP contribution in [0.4, 0.5) is 5.00 Å². The largest absolute Gasteiger partial charge is 0.349 e. The van der Waals surface area contributed by atoms with Crippen molar-refractivity contribution in [2.75, 3.05) is 5.32 Å². The van der Waals surface area contributed by atoms with Gasteiger partial charge in [0.25, 0.3) is 5.91 Å². The number of anilines is 1. The minimum absolute atomic E-state index is 0.0108. The molecule has 0 aliphatic heterocycles. The Morgan fingerprint density at radius 1 is 1.17 bits per heavy atom. The fourth-order valence-electron chi connectivity index (χ4n) is 2.72. The molecule has 2 amide bonds. The molecule has 0 atom stereocenters. The van der Waals surface area contributed by atoms with Crippen molar-refractivity contribution in [3.05, 3.63) is 16.5 Å². The maximum Gasteiger partial charge on any atom is 0.261 e. The highest BCUT2D eigenvalue weighted by Gasteiger charge is 2.24. The fraction of sp³-hybridized carbons (Fsp3) is 0.667. The SMILES string of the molecule is Cc1cc(NC(=O)C(C)(C)C)sc1C(=O)NC1CCC(C)CC1. The van der Waals surface area contributed by atoms with Gasteiger partial charge < -0.3 is 10.6 Å². The summed E-state index contributed by atoms with van der Waals surface area (Å²) in [5, 5.41) is 6.80. The van der Waals surface area contributed by atoms with Gasteiger partial charge in [-0.3, -0.25) is 9.59 Å². The number of rotatable bonds is 3. The third-order valence-electron chi connectivity index (χ3n) is 4.39. The second-order valence-electron chi connectivity index (χ2n) is 7.76. The summed E-state index contributed by atoms with van der Waals surface area (Å²) in [5.41, 5.74) is 0.472. The molecule has 23 heavy (non-hydrogen) atoms. The van der Waals surface area contributed by atoms with E-state index in [0.717, 1.165) is 29.3 Å². The van der Waals surface area contributed by atoms with Gasteiger partial charge in [-0.2, -0.15) is 0 Å². The van der Waals surface area contributed by atoms with Gasteiger partial charge in [0.2, 0.25) is 5.91 Å². The first kappa shape index (κ1) is 18.0. The molecule has 4 nitrogen and oxygen atoms in total. The van der Waals surface area contributed by atoms with Gasteiger partial charge in [0.1, 0.15) is 0 Å². The molecule has 0 spiro atoms. The highest BCUT2D eigenvalue weighted by molar-refractivity contribution is 7.18. The predicted molar refractivity (Wildman–Crippen MR) is 96.0 cm³/mol. The summed E-state index contributed by atoms with van der Waals surface area (Å²) < 4.78 is 0. The first-order valence-corrected chi connectivity index (χ1v) is 9.21. The summed E-state index contributed by atoms with van der Waals surface area (Å²) in [6.07, 6.45) is 4.48. The molecular formula is C18H28N2O2S. The zero-order valence-corrected chi connectivity index (χ0v) is 15.6. The number of nitrogens with one attached hydrogen (secondary N) is 2. The van der Waals surface area contributed by atoms with Gasteiger partial charge in [0, 0.05) is 11.5 Å². The van der Waals surface area contributed by atoms with Crippen LogP contribution in [0.15, 0.2) is 6.07 Å². The second-order valence-corrected chi connectivity index (χ2v) is 8.81. The molecule has 1 heterocycles. The number of aryl methyl sites for hydroxylation is 1. The van der Waals surface area contributed by atoms with Gasteiger partial charge in [-0.1, -0.05) is 27.7 Å². The molecule has 1 aromatic heterocycles. The first-order chi connectivity index (χ1) is 10.7. The van der Waals surface area contributed by atoms with Crippen molar-refractivity contribution in [3.63, 3.8) is 0 Å². The van der Waals surface area contributed by atoms with E-state index in [0.29, 0.717) is 4.88 Å². The van der Waals surface area contributed by atoms with Crippen LogP contribution in [0.25, 0.3) is 0 Å². The lowest BCUT2D eigenvalue weighted by molar-refractivity contribution is -0.123. The van der Waals surface area contributed by atoms with E-state index in [1.165, 1.54) is 24.2 Å². The normalized spacial score (nSPS) is 21.8. The van der Waals surface area contributed by atoms with E-state index in [1.54, 1.807) is 0 Å². The smallest absolute Gasteiger partial charge is 0.261 e. The van der Waals surface area contributed by atoms with E-state index < -0.39 is 5.41 Å². The Kier molecular flexibility index (Phi) is 5.50. The highest BCUT2D eigenvalue weighted by atomic mass is 32.1. The Balaban J connectivity index is 2.00. The molecule has 2 N–H and O–H groups in total. The molecule has 1 saturated carbocycles. The second kappa shape index (κ2) is 7.04. The van der Waals surface area contributed by atoms with Gasteiger partial charge in [-0.25, -0.2) is 0 Å². The summed E-state index contributed by atoms with van der Waals surface area (Å²) in [7, 11) is 0. The van der Waals surface area contributed by atoms with Crippen LogP contribution in [-0.2, 0) is 4.79 Å². The quantitative estimate of drug-likeness (QED) is 0.862. The lowest BCUT2D eigenvalue weighted by atomic mass is 9.87. The van der Waals surface area contributed by atoms with Gasteiger partial charge in [0.05, 0.1) is 9.88 Å². The summed E-state index contributed by atoms with van der Waals surface area (Å²) in [4.78, 5) is 25.3. The minimum atomic E-state index is -0.445. The zero-order chi connectivity index (χ0) is 17.2. The van der Waals surface area contributed by atoms with E-state index in [-0.39, 0.29) is 17.9 Å². The van der Waals surface area contributed by atoms with Crippen LogP contribution in [0, 0.1) is 18.3 Å². The molecule has 1 aliphatic carbocycles. The standard InChI is InChI=1S/C18H28N2O2S/c1-11-6-8-13(9-7-11)19-16(21)15-12(2)10-14(23-15)20-17(22)18(3,4)5/h10-11,13H,6-9H2,1-5H3,(H,19,21)(H,20,22). The van der Waals surface area contributed by atoms with Crippen molar-refractivity contribution in [2.24, 2.45) is 11.3 Å². The van der Waals surface area contributed by atoms with Crippen molar-refractivity contribution in [2.45, 2.75) is 66.3 Å². The third-order valence-corrected chi connectivity index (χ3v) is 5.54. The van der Waals surface area contributed by atoms with Gasteiger partial charge in [-0.15, -0.1) is 11.3 Å². The lowest BCUT2D eigenvalue weighted by Crippen LogP contribution is -2.37. The number of hydrogen-bond acceptors (Lipinski definition) is 3. The Hall–Kier alpha value is -1.36. The fourth-order valence-corrected chi connectivity index (χ4v) is 3.69. The molecule has 0 radical (unpaired) electrons. The van der Waals surface area contributed by atoms with E-state index in [9.17, 15) is 9.59 Å². The Labute approximate surface area is 143 Å². The first-order valence-electron chi connectivity index (χ1n) is 8.39. The molecule has 128 valence electrons. The number of carbonyl (C=O) groups is 2. The highest BCUT2D eigenvalue weighted by Crippen LogP contribution is 2.29. The molecule has 1 aromatic rings. The summed E-state index contributed by atoms with van der Waals surface area (Å²) in [6, 6.07) is 2.17. The molecule has 0 aromatic carbocycles. The molecule has 2 rings (SSSR count). The predicted octanol–water partition coefficient (Wildman–Crippen LogP) is 4.35. The number of carbonyl (C=O) groups excluding carboxylic acids is 2. The van der Waals surface area contributed by atoms with E-state index in [1.807, 2.05) is 33.8 Å². The summed E-state index contributed by atoms with van der Waals surface area (Å²) >= 11 is 1.36. The average molecular weight is 337 g/mol. The number of amides is 2. The van der Waals surface area contributed by atoms with Crippen LogP contribution >= 0.6 is 11.3 Å². The topological polar surface area (TPSA) is 58.2 Å². The van der Waals surface area contributed by atoms with Crippen molar-refractivity contribution >= 4 is 28.2 Å². The van der Waals surface area contributed by atoms with Gasteiger partial charge >= 0.3 is 0 Å². The number of thiophene rings is 1. The zero-order valence-electron chi connectivity index (χ0n) is 14.8. The maximum absolute atomic E-state index is 12.5. The molecular weight excluding hydrogens is 308 g/mol. The van der Waals surface area contributed by atoms with Crippen molar-refractivity contribution in [3.8, 4) is 0 Å². The molecule has 1 aliphatic rings. The van der Waals surface area contributed by atoms with E-state index in [4.69, 9.17) is 0 Å². The van der Waals surface area contributed by atoms with Crippen LogP contribution in [0.2, 0.25) is 0 Å². The van der Waals surface area contributed by atoms with E-state index in [2.05, 4.69) is 17.6 Å². The van der Waals surface area contributed by atoms with Crippen LogP contribution in [0.5, 0.6) is 0 Å². The van der Waals surface area contributed by atoms with Crippen LogP contribution < -0.4 is 10.6 Å². The minimum Gasteiger partial charge on any atom is -0.349 e. The van der Waals surface area contributed by atoms with Gasteiger partial charge in [0.15, 0.2) is 0 Å². The maximum atomic E-state index is 12.5. The van der Waals surface area contributed by atoms with Crippen LogP contribution in [0.3, 0.4) is 0 Å². The number of hydrogen-bond donors (Lipinski definition) is 2. The molecule has 0 saturated heterocycles. The van der Waals surface area contributed by atoms with E-state index >= 15 is 0 Å². The Bertz CT molecular complexity index is 578. The van der Waals surface area contributed by atoms with Crippen LogP contribution in [0.1, 0.15) is 68.6 Å². The molecule has 0 unspecified atom stereocenters. The van der Waals surface area contributed by atoms with Gasteiger partial charge in [-0.05, 0) is 50.2 Å². The molecule has 5 heteroatoms. The molecule has 1 fully saturated rings. The Morgan fingerprint density at radius 2 is 1.78 bits per heavy atom. The average Bonchev–Trinajstić information content (AvgIpc) is 2.81. The van der Waals surface area contributed by atoms with Crippen molar-refractivity contribution in [1.29, 1.82) is 0 Å². The third kappa shape index (κ3) is 4.80. The summed E-state index contributed by atoms with van der Waals surface area (Å²) in [5.74, 6) is 0.723. The van der Waals surface area contributed by atoms with Crippen molar-refractivity contribution in [1.82, 2.24) is 5.32 Å². The van der Waals surface area contributed by atoms with Crippen LogP contribution in [-0.4, -0.2) is 17.9 Å². The van der Waals surface area contributed by atoms with Crippen molar-refractivity contribution < 1.29 is 9.59 Å². The molecule has 0 bridgehead atoms. The monoisotopic (exact) mass is 336 g/mol. The Morgan fingerprint density at radius 3 is 2.35 bits per heavy atom. The lowest BCUT2D eigenvalue weighted by Gasteiger charge is -2.26. The summed E-state index contributed by atoms with van der Waals surface area (Å²) in [6.45, 7) is 9.81.